The fraction of sp³-hybridized carbons (Fsp3) is 1.00. The Kier molecular flexibility index (Phi) is 25.1. The Hall–Kier alpha value is -0.0800. The van der Waals surface area contributed by atoms with Gasteiger partial charge in [0.25, 0.3) is 0 Å². The molecular weight excluding hydrogens is 368 g/mol. The maximum Gasteiger partial charge on any atom is 0.0773 e. The van der Waals surface area contributed by atoms with Gasteiger partial charge >= 0.3 is 0 Å². The smallest absolute Gasteiger partial charge is 0.0773 e. The molecule has 2 heteroatoms. The fourth-order valence-electron chi connectivity index (χ4n) is 4.64. The van der Waals surface area contributed by atoms with Crippen molar-refractivity contribution in [2.45, 2.75) is 168 Å². The van der Waals surface area contributed by atoms with Gasteiger partial charge in [0.2, 0.25) is 0 Å². The predicted octanol–water partition coefficient (Wildman–Crippen LogP) is 8.97. The molecule has 0 aliphatic carbocycles. The van der Waals surface area contributed by atoms with E-state index in [2.05, 4.69) is 13.8 Å². The lowest BCUT2D eigenvalue weighted by Gasteiger charge is -2.17. The zero-order valence-corrected chi connectivity index (χ0v) is 21.0. The molecule has 0 saturated heterocycles. The van der Waals surface area contributed by atoms with Crippen LogP contribution >= 0.6 is 0 Å². The molecule has 0 amide bonds. The van der Waals surface area contributed by atoms with Crippen LogP contribution in [0.1, 0.15) is 162 Å². The van der Waals surface area contributed by atoms with Crippen LogP contribution in [0.3, 0.4) is 0 Å². The largest absolute Gasteiger partial charge is 0.394 e. The third kappa shape index (κ3) is 22.6. The number of hydrogen-bond acceptors (Lipinski definition) is 2. The Labute approximate surface area is 190 Å². The van der Waals surface area contributed by atoms with Crippen LogP contribution in [0.2, 0.25) is 0 Å². The van der Waals surface area contributed by atoms with Crippen LogP contribution in [-0.4, -0.2) is 22.9 Å². The average Bonchev–Trinajstić information content (AvgIpc) is 2.76. The van der Waals surface area contributed by atoms with E-state index in [1.807, 2.05) is 0 Å². The van der Waals surface area contributed by atoms with Crippen molar-refractivity contribution >= 4 is 0 Å². The molecule has 0 bridgehead atoms. The SMILES string of the molecule is CCCCCCCCCCCCCCCCCCCCCCC(CC)CC(O)CO. The van der Waals surface area contributed by atoms with Gasteiger partial charge in [0.05, 0.1) is 12.7 Å². The topological polar surface area (TPSA) is 40.5 Å². The normalized spacial score (nSPS) is 13.6. The minimum Gasteiger partial charge on any atom is -0.394 e. The summed E-state index contributed by atoms with van der Waals surface area (Å²) in [6.45, 7) is 4.41. The van der Waals surface area contributed by atoms with Crippen LogP contribution < -0.4 is 0 Å². The van der Waals surface area contributed by atoms with Crippen molar-refractivity contribution in [1.29, 1.82) is 0 Å². The van der Waals surface area contributed by atoms with Crippen molar-refractivity contribution < 1.29 is 10.2 Å². The van der Waals surface area contributed by atoms with Crippen molar-refractivity contribution in [1.82, 2.24) is 0 Å². The van der Waals surface area contributed by atoms with E-state index >= 15 is 0 Å². The molecule has 2 nitrogen and oxygen atoms in total. The van der Waals surface area contributed by atoms with Gasteiger partial charge in [0.1, 0.15) is 0 Å². The predicted molar refractivity (Wildman–Crippen MR) is 134 cm³/mol. The lowest BCUT2D eigenvalue weighted by Crippen LogP contribution is -2.17. The second kappa shape index (κ2) is 25.2. The number of aliphatic hydroxyl groups excluding tert-OH is 2. The highest BCUT2D eigenvalue weighted by Gasteiger charge is 2.11. The molecule has 2 unspecified atom stereocenters. The van der Waals surface area contributed by atoms with Gasteiger partial charge in [-0.25, -0.2) is 0 Å². The first-order valence-corrected chi connectivity index (χ1v) is 14.0. The Balaban J connectivity index is 3.16. The zero-order valence-electron chi connectivity index (χ0n) is 21.0. The maximum atomic E-state index is 9.57. The molecule has 182 valence electrons. The lowest BCUT2D eigenvalue weighted by molar-refractivity contribution is 0.0717. The van der Waals surface area contributed by atoms with Gasteiger partial charge in [-0.3, -0.25) is 0 Å². The van der Waals surface area contributed by atoms with E-state index in [-0.39, 0.29) is 6.61 Å². The van der Waals surface area contributed by atoms with Gasteiger partial charge in [-0.2, -0.15) is 0 Å². The summed E-state index contributed by atoms with van der Waals surface area (Å²) in [5.74, 6) is 0.586. The fourth-order valence-corrected chi connectivity index (χ4v) is 4.64. The molecule has 0 heterocycles. The molecule has 0 saturated carbocycles. The van der Waals surface area contributed by atoms with E-state index in [0.29, 0.717) is 5.92 Å². The van der Waals surface area contributed by atoms with Crippen LogP contribution in [0.15, 0.2) is 0 Å². The molecule has 0 aromatic carbocycles. The first-order chi connectivity index (χ1) is 14.7. The third-order valence-corrected chi connectivity index (χ3v) is 6.86. The number of rotatable bonds is 25. The lowest BCUT2D eigenvalue weighted by atomic mass is 9.92. The maximum absolute atomic E-state index is 9.57. The highest BCUT2D eigenvalue weighted by atomic mass is 16.3. The molecule has 0 rings (SSSR count). The number of unbranched alkanes of at least 4 members (excludes halogenated alkanes) is 19. The zero-order chi connectivity index (χ0) is 22.1. The van der Waals surface area contributed by atoms with E-state index in [0.717, 1.165) is 12.8 Å². The Morgan fingerprint density at radius 3 is 1.13 bits per heavy atom. The van der Waals surface area contributed by atoms with Gasteiger partial charge < -0.3 is 10.2 Å². The van der Waals surface area contributed by atoms with Crippen molar-refractivity contribution in [2.75, 3.05) is 6.61 Å². The van der Waals surface area contributed by atoms with Crippen LogP contribution in [0.5, 0.6) is 0 Å². The van der Waals surface area contributed by atoms with Crippen LogP contribution in [0.4, 0.5) is 0 Å². The summed E-state index contributed by atoms with van der Waals surface area (Å²) < 4.78 is 0. The van der Waals surface area contributed by atoms with Crippen LogP contribution in [0.25, 0.3) is 0 Å². The molecule has 0 spiro atoms. The minimum absolute atomic E-state index is 0.0875. The van der Waals surface area contributed by atoms with Gasteiger partial charge in [0.15, 0.2) is 0 Å². The van der Waals surface area contributed by atoms with Gasteiger partial charge in [-0.15, -0.1) is 0 Å². The Bertz CT molecular complexity index is 305. The van der Waals surface area contributed by atoms with Gasteiger partial charge in [-0.1, -0.05) is 155 Å². The summed E-state index contributed by atoms with van der Waals surface area (Å²) in [6, 6.07) is 0. The standard InChI is InChI=1S/C28H58O2/c1-3-5-6-7-8-9-10-11-12-13-14-15-16-17-18-19-20-21-22-23-24-27(4-2)25-28(30)26-29/h27-30H,3-26H2,1-2H3. The summed E-state index contributed by atoms with van der Waals surface area (Å²) in [4.78, 5) is 0. The molecule has 0 fully saturated rings. The third-order valence-electron chi connectivity index (χ3n) is 6.86. The van der Waals surface area contributed by atoms with E-state index in [4.69, 9.17) is 5.11 Å². The van der Waals surface area contributed by atoms with Crippen molar-refractivity contribution in [3.8, 4) is 0 Å². The quantitative estimate of drug-likeness (QED) is 0.143. The second-order valence-electron chi connectivity index (χ2n) is 9.85. The Morgan fingerprint density at radius 1 is 0.500 bits per heavy atom. The molecule has 0 radical (unpaired) electrons. The highest BCUT2D eigenvalue weighted by molar-refractivity contribution is 4.64. The molecule has 0 aromatic heterocycles. The number of hydrogen-bond donors (Lipinski definition) is 2. The summed E-state index contributed by atoms with van der Waals surface area (Å²) in [5.41, 5.74) is 0. The van der Waals surface area contributed by atoms with Crippen molar-refractivity contribution in [2.24, 2.45) is 5.92 Å². The average molecular weight is 427 g/mol. The molecule has 0 aliphatic rings. The van der Waals surface area contributed by atoms with E-state index < -0.39 is 6.10 Å². The molecule has 0 aromatic rings. The van der Waals surface area contributed by atoms with Crippen LogP contribution in [0, 0.1) is 5.92 Å². The molecular formula is C28H58O2. The molecule has 2 atom stereocenters. The molecule has 0 aliphatic heterocycles. The minimum atomic E-state index is -0.514. The van der Waals surface area contributed by atoms with E-state index in [1.54, 1.807) is 0 Å². The first kappa shape index (κ1) is 29.9. The van der Waals surface area contributed by atoms with Crippen molar-refractivity contribution in [3.05, 3.63) is 0 Å². The summed E-state index contributed by atoms with van der Waals surface area (Å²) in [6.07, 6.45) is 31.1. The summed E-state index contributed by atoms with van der Waals surface area (Å²) in [7, 11) is 0. The van der Waals surface area contributed by atoms with Gasteiger partial charge in [-0.05, 0) is 12.3 Å². The van der Waals surface area contributed by atoms with E-state index in [9.17, 15) is 5.11 Å². The highest BCUT2D eigenvalue weighted by Crippen LogP contribution is 2.20. The van der Waals surface area contributed by atoms with E-state index in [1.165, 1.54) is 135 Å². The monoisotopic (exact) mass is 426 g/mol. The van der Waals surface area contributed by atoms with Gasteiger partial charge in [0, 0.05) is 0 Å². The second-order valence-corrected chi connectivity index (χ2v) is 9.85. The van der Waals surface area contributed by atoms with Crippen LogP contribution in [-0.2, 0) is 0 Å². The molecule has 2 N–H and O–H groups in total. The van der Waals surface area contributed by atoms with Crippen molar-refractivity contribution in [3.63, 3.8) is 0 Å². The summed E-state index contributed by atoms with van der Waals surface area (Å²) in [5, 5.41) is 18.5. The first-order valence-electron chi connectivity index (χ1n) is 14.0. The Morgan fingerprint density at radius 2 is 0.833 bits per heavy atom. The molecule has 30 heavy (non-hydrogen) atoms. The summed E-state index contributed by atoms with van der Waals surface area (Å²) >= 11 is 0. The number of aliphatic hydroxyl groups is 2.